The Balaban J connectivity index is 1.08. The van der Waals surface area contributed by atoms with Crippen LogP contribution in [-0.4, -0.2) is 87.8 Å². The summed E-state index contributed by atoms with van der Waals surface area (Å²) in [5.74, 6) is 0.327. The summed E-state index contributed by atoms with van der Waals surface area (Å²) in [6, 6.07) is 19.7. The van der Waals surface area contributed by atoms with Crippen LogP contribution in [0.2, 0.25) is 0 Å². The number of hydrogen-bond donors (Lipinski definition) is 1. The number of nitrogens with one attached hydrogen (secondary N) is 1. The van der Waals surface area contributed by atoms with Crippen molar-refractivity contribution in [1.82, 2.24) is 19.4 Å². The van der Waals surface area contributed by atoms with Gasteiger partial charge in [-0.25, -0.2) is 14.1 Å². The molecule has 0 spiro atoms. The second-order valence-corrected chi connectivity index (χ2v) is 12.9. The molecule has 1 fully saturated rings. The fraction of sp³-hybridized carbons (Fsp3) is 0.361. The monoisotopic (exact) mass is 653 g/mol. The number of aromatic nitrogens is 2. The van der Waals surface area contributed by atoms with Gasteiger partial charge in [0.1, 0.15) is 29.3 Å². The van der Waals surface area contributed by atoms with Gasteiger partial charge in [-0.15, -0.1) is 0 Å². The molecular weight excluding hydrogens is 614 g/mol. The lowest BCUT2D eigenvalue weighted by molar-refractivity contribution is -0.145. The minimum absolute atomic E-state index is 0.185. The first-order valence-electron chi connectivity index (χ1n) is 16.0. The molecule has 2 atom stereocenters. The van der Waals surface area contributed by atoms with Crippen molar-refractivity contribution in [1.29, 1.82) is 0 Å². The molecule has 12 heteroatoms. The topological polar surface area (TPSA) is 132 Å². The second-order valence-electron chi connectivity index (χ2n) is 12.9. The number of carbonyl (C=O) groups excluding carboxylic acids is 4. The van der Waals surface area contributed by atoms with E-state index in [0.29, 0.717) is 42.2 Å². The van der Waals surface area contributed by atoms with Gasteiger partial charge in [0, 0.05) is 37.3 Å². The van der Waals surface area contributed by atoms with Crippen molar-refractivity contribution in [3.8, 4) is 16.9 Å². The van der Waals surface area contributed by atoms with Crippen LogP contribution in [0.5, 0.6) is 5.75 Å². The maximum Gasteiger partial charge on any atom is 0.411 e. The number of likely N-dealkylation sites (tertiary alicyclic amines) is 1. The zero-order chi connectivity index (χ0) is 34.0. The van der Waals surface area contributed by atoms with Crippen LogP contribution in [0.1, 0.15) is 60.7 Å². The van der Waals surface area contributed by atoms with Gasteiger partial charge in [0.2, 0.25) is 0 Å². The third-order valence-corrected chi connectivity index (χ3v) is 8.31. The molecule has 4 aromatic rings. The quantitative estimate of drug-likeness (QED) is 0.135. The highest BCUT2D eigenvalue weighted by molar-refractivity contribution is 6.21. The predicted octanol–water partition coefficient (Wildman–Crippen LogP) is 5.42. The molecule has 3 amide bonds. The van der Waals surface area contributed by atoms with Crippen molar-refractivity contribution >= 4 is 35.2 Å². The van der Waals surface area contributed by atoms with Gasteiger partial charge in [-0.2, -0.15) is 5.10 Å². The van der Waals surface area contributed by atoms with Crippen LogP contribution in [0.4, 0.5) is 10.6 Å². The lowest BCUT2D eigenvalue weighted by Crippen LogP contribution is -2.44. The van der Waals surface area contributed by atoms with Crippen LogP contribution >= 0.6 is 0 Å². The number of amides is 3. The van der Waals surface area contributed by atoms with Crippen molar-refractivity contribution in [2.24, 2.45) is 0 Å². The summed E-state index contributed by atoms with van der Waals surface area (Å²) in [5.41, 5.74) is 2.98. The molecule has 0 aliphatic carbocycles. The molecule has 4 heterocycles. The fourth-order valence-corrected chi connectivity index (χ4v) is 6.09. The molecule has 1 saturated heterocycles. The Morgan fingerprint density at radius 2 is 1.67 bits per heavy atom. The van der Waals surface area contributed by atoms with E-state index in [1.165, 1.54) is 16.9 Å². The molecule has 6 rings (SSSR count). The summed E-state index contributed by atoms with van der Waals surface area (Å²) < 4.78 is 18.6. The lowest BCUT2D eigenvalue weighted by atomic mass is 10.1. The number of hydrogen-bond acceptors (Lipinski definition) is 9. The van der Waals surface area contributed by atoms with Gasteiger partial charge < -0.3 is 19.5 Å². The summed E-state index contributed by atoms with van der Waals surface area (Å²) in [6.45, 7) is 6.50. The first-order chi connectivity index (χ1) is 23.0. The highest BCUT2D eigenvalue weighted by atomic mass is 16.6. The van der Waals surface area contributed by atoms with Crippen molar-refractivity contribution in [2.45, 2.75) is 57.8 Å². The average molecular weight is 654 g/mol. The molecule has 0 unspecified atom stereocenters. The van der Waals surface area contributed by atoms with Crippen LogP contribution < -0.4 is 10.1 Å². The predicted molar refractivity (Wildman–Crippen MR) is 178 cm³/mol. The number of imide groups is 1. The van der Waals surface area contributed by atoms with Gasteiger partial charge in [-0.3, -0.25) is 19.4 Å². The maximum atomic E-state index is 12.9. The average Bonchev–Trinajstić information content (AvgIpc) is 3.74. The number of rotatable bonds is 10. The van der Waals surface area contributed by atoms with E-state index in [4.69, 9.17) is 14.2 Å². The Kier molecular flexibility index (Phi) is 9.07. The molecule has 48 heavy (non-hydrogen) atoms. The number of carbonyl (C=O) groups is 4. The minimum atomic E-state index is -0.799. The largest absolute Gasteiger partial charge is 0.488 e. The third kappa shape index (κ3) is 6.83. The summed E-state index contributed by atoms with van der Waals surface area (Å²) in [4.78, 5) is 53.3. The zero-order valence-corrected chi connectivity index (χ0v) is 27.5. The normalized spacial score (nSPS) is 17.5. The Morgan fingerprint density at radius 1 is 0.938 bits per heavy atom. The minimum Gasteiger partial charge on any atom is -0.488 e. The first kappa shape index (κ1) is 32.5. The molecule has 1 N–H and O–H groups in total. The molecule has 2 aromatic heterocycles. The Morgan fingerprint density at radius 3 is 2.38 bits per heavy atom. The number of esters is 1. The van der Waals surface area contributed by atoms with E-state index in [1.54, 1.807) is 49.6 Å². The van der Waals surface area contributed by atoms with Crippen molar-refractivity contribution in [3.05, 3.63) is 84.1 Å². The summed E-state index contributed by atoms with van der Waals surface area (Å²) in [7, 11) is 1.30. The van der Waals surface area contributed by atoms with E-state index in [-0.39, 0.29) is 24.8 Å². The van der Waals surface area contributed by atoms with Gasteiger partial charge >= 0.3 is 12.1 Å². The Bertz CT molecular complexity index is 1830. The highest BCUT2D eigenvalue weighted by Crippen LogP contribution is 2.31. The molecule has 12 nitrogen and oxygen atoms in total. The van der Waals surface area contributed by atoms with Gasteiger partial charge in [-0.05, 0) is 69.5 Å². The number of benzene rings is 2. The van der Waals surface area contributed by atoms with Crippen LogP contribution in [0.15, 0.2) is 72.9 Å². The van der Waals surface area contributed by atoms with E-state index >= 15 is 0 Å². The summed E-state index contributed by atoms with van der Waals surface area (Å²) in [5, 5.41) is 8.03. The molecule has 250 valence electrons. The maximum absolute atomic E-state index is 12.9. The zero-order valence-electron chi connectivity index (χ0n) is 27.5. The van der Waals surface area contributed by atoms with Crippen molar-refractivity contribution in [3.63, 3.8) is 0 Å². The standard InChI is InChI=1S/C36H39N5O7/c1-36(2,3)48-35(45)40-22-25(20-30(40)34(44)46-4)47-24-12-9-11-23(19-24)26-15-10-18-41-29(26)21-31(38-41)37-16-7-8-17-39-32(42)27-13-5-6-14-28(27)33(39)43/h5-6,9-15,18-19,21,25,30H,7-8,16-17,20,22H2,1-4H3,(H,37,38)/t25-,30-/m0/s1. The molecule has 2 aliphatic rings. The van der Waals surface area contributed by atoms with Gasteiger partial charge in [-0.1, -0.05) is 30.3 Å². The van der Waals surface area contributed by atoms with E-state index in [2.05, 4.69) is 10.4 Å². The Hall–Kier alpha value is -5.39. The van der Waals surface area contributed by atoms with Crippen LogP contribution in [0.25, 0.3) is 16.6 Å². The van der Waals surface area contributed by atoms with Crippen molar-refractivity contribution < 1.29 is 33.4 Å². The Labute approximate surface area is 278 Å². The number of anilines is 1. The molecular formula is C36H39N5O7. The fourth-order valence-electron chi connectivity index (χ4n) is 6.09. The number of unbranched alkanes of at least 4 members (excludes halogenated alkanes) is 1. The van der Waals surface area contributed by atoms with Crippen LogP contribution in [0, 0.1) is 0 Å². The summed E-state index contributed by atoms with van der Waals surface area (Å²) in [6.07, 6.45) is 2.55. The number of ether oxygens (including phenoxy) is 3. The van der Waals surface area contributed by atoms with E-state index in [9.17, 15) is 19.2 Å². The number of nitrogens with zero attached hydrogens (tertiary/aromatic N) is 4. The molecule has 0 radical (unpaired) electrons. The molecule has 2 aliphatic heterocycles. The SMILES string of the molecule is COC(=O)[C@@H]1C[C@H](Oc2cccc(-c3cccn4nc(NCCCCN5C(=O)c6ccccc6C5=O)cc34)c2)CN1C(=O)OC(C)(C)C. The van der Waals surface area contributed by atoms with E-state index in [0.717, 1.165) is 23.1 Å². The van der Waals surface area contributed by atoms with Gasteiger partial charge in [0.05, 0.1) is 30.3 Å². The molecule has 0 saturated carbocycles. The third-order valence-electron chi connectivity index (χ3n) is 8.31. The second kappa shape index (κ2) is 13.4. The van der Waals surface area contributed by atoms with Gasteiger partial charge in [0.25, 0.3) is 11.8 Å². The molecule has 2 aromatic carbocycles. The highest BCUT2D eigenvalue weighted by Gasteiger charge is 2.43. The first-order valence-corrected chi connectivity index (χ1v) is 16.0. The smallest absolute Gasteiger partial charge is 0.411 e. The van der Waals surface area contributed by atoms with Gasteiger partial charge in [0.15, 0.2) is 0 Å². The van der Waals surface area contributed by atoms with E-state index in [1.807, 2.05) is 48.7 Å². The lowest BCUT2D eigenvalue weighted by Gasteiger charge is -2.27. The number of fused-ring (bicyclic) bond motifs is 2. The number of pyridine rings is 1. The van der Waals surface area contributed by atoms with Crippen LogP contribution in [0.3, 0.4) is 0 Å². The molecule has 0 bridgehead atoms. The van der Waals surface area contributed by atoms with Crippen molar-refractivity contribution in [2.75, 3.05) is 32.1 Å². The summed E-state index contributed by atoms with van der Waals surface area (Å²) >= 11 is 0. The van der Waals surface area contributed by atoms with Crippen LogP contribution in [-0.2, 0) is 14.3 Å². The van der Waals surface area contributed by atoms with E-state index < -0.39 is 29.8 Å². The number of methoxy groups -OCH3 is 1.